The molecular formula is C16H23FN2O. The van der Waals surface area contributed by atoms with Crippen LogP contribution in [0.2, 0.25) is 0 Å². The first-order valence-corrected chi connectivity index (χ1v) is 7.28. The van der Waals surface area contributed by atoms with E-state index in [4.69, 9.17) is 0 Å². The Morgan fingerprint density at radius 2 is 2.05 bits per heavy atom. The minimum absolute atomic E-state index is 0.0844. The van der Waals surface area contributed by atoms with Gasteiger partial charge in [0, 0.05) is 31.7 Å². The number of hydrogen-bond donors (Lipinski definition) is 0. The third kappa shape index (κ3) is 3.18. The average Bonchev–Trinajstić information content (AvgIpc) is 2.48. The Morgan fingerprint density at radius 3 is 2.60 bits per heavy atom. The molecule has 3 nitrogen and oxygen atoms in total. The molecule has 0 unspecified atom stereocenters. The summed E-state index contributed by atoms with van der Waals surface area (Å²) in [6, 6.07) is 4.97. The lowest BCUT2D eigenvalue weighted by atomic mass is 10.0. The summed E-state index contributed by atoms with van der Waals surface area (Å²) in [6.07, 6.45) is 1.98. The second-order valence-electron chi connectivity index (χ2n) is 5.55. The van der Waals surface area contributed by atoms with Crippen molar-refractivity contribution in [3.63, 3.8) is 0 Å². The molecule has 2 rings (SSSR count). The van der Waals surface area contributed by atoms with E-state index in [0.29, 0.717) is 11.1 Å². The first kappa shape index (κ1) is 15.0. The summed E-state index contributed by atoms with van der Waals surface area (Å²) in [5.74, 6) is -0.399. The normalized spacial score (nSPS) is 17.2. The third-order valence-corrected chi connectivity index (χ3v) is 4.29. The first-order valence-electron chi connectivity index (χ1n) is 7.28. The fourth-order valence-electron chi connectivity index (χ4n) is 2.72. The summed E-state index contributed by atoms with van der Waals surface area (Å²) in [5, 5.41) is 0. The lowest BCUT2D eigenvalue weighted by Crippen LogP contribution is -2.45. The van der Waals surface area contributed by atoms with Crippen LogP contribution in [0.1, 0.15) is 35.7 Å². The Morgan fingerprint density at radius 1 is 1.40 bits per heavy atom. The molecule has 0 radical (unpaired) electrons. The van der Waals surface area contributed by atoms with Crippen LogP contribution in [0.15, 0.2) is 18.2 Å². The van der Waals surface area contributed by atoms with Crippen molar-refractivity contribution in [2.45, 2.75) is 32.7 Å². The van der Waals surface area contributed by atoms with Crippen LogP contribution in [0.5, 0.6) is 0 Å². The van der Waals surface area contributed by atoms with E-state index in [-0.39, 0.29) is 17.8 Å². The van der Waals surface area contributed by atoms with Gasteiger partial charge in [-0.2, -0.15) is 0 Å². The van der Waals surface area contributed by atoms with E-state index in [1.807, 2.05) is 7.05 Å². The van der Waals surface area contributed by atoms with Gasteiger partial charge in [0.1, 0.15) is 5.82 Å². The molecule has 1 saturated heterocycles. The number of benzene rings is 1. The molecule has 1 aliphatic rings. The number of likely N-dealkylation sites (tertiary alicyclic amines) is 1. The highest BCUT2D eigenvalue weighted by Crippen LogP contribution is 2.18. The lowest BCUT2D eigenvalue weighted by Gasteiger charge is -2.36. The molecule has 0 aromatic heterocycles. The second kappa shape index (κ2) is 6.35. The van der Waals surface area contributed by atoms with Crippen molar-refractivity contribution < 1.29 is 9.18 Å². The maximum absolute atomic E-state index is 13.6. The van der Waals surface area contributed by atoms with Crippen LogP contribution in [-0.4, -0.2) is 48.4 Å². The van der Waals surface area contributed by atoms with Crippen LogP contribution in [0.25, 0.3) is 0 Å². The molecule has 0 atom stereocenters. The molecule has 1 fully saturated rings. The van der Waals surface area contributed by atoms with Gasteiger partial charge >= 0.3 is 0 Å². The van der Waals surface area contributed by atoms with Crippen LogP contribution < -0.4 is 0 Å². The highest BCUT2D eigenvalue weighted by atomic mass is 19.1. The molecule has 1 heterocycles. The van der Waals surface area contributed by atoms with E-state index < -0.39 is 0 Å². The van der Waals surface area contributed by atoms with Crippen LogP contribution >= 0.6 is 0 Å². The van der Waals surface area contributed by atoms with E-state index in [1.54, 1.807) is 24.0 Å². The number of piperidine rings is 1. The fraction of sp³-hybridized carbons (Fsp3) is 0.562. The van der Waals surface area contributed by atoms with Gasteiger partial charge in [0.2, 0.25) is 0 Å². The Bertz CT molecular complexity index is 481. The van der Waals surface area contributed by atoms with Crippen molar-refractivity contribution in [2.24, 2.45) is 0 Å². The average molecular weight is 278 g/mol. The van der Waals surface area contributed by atoms with Gasteiger partial charge in [0.25, 0.3) is 5.91 Å². The van der Waals surface area contributed by atoms with Crippen LogP contribution in [0.3, 0.4) is 0 Å². The summed E-state index contributed by atoms with van der Waals surface area (Å²) in [4.78, 5) is 16.6. The van der Waals surface area contributed by atoms with Crippen molar-refractivity contribution in [1.29, 1.82) is 0 Å². The number of nitrogens with zero attached hydrogens (tertiary/aromatic N) is 2. The fourth-order valence-corrected chi connectivity index (χ4v) is 2.72. The van der Waals surface area contributed by atoms with E-state index in [1.165, 1.54) is 6.07 Å². The van der Waals surface area contributed by atoms with Gasteiger partial charge in [-0.25, -0.2) is 4.39 Å². The highest BCUT2D eigenvalue weighted by molar-refractivity contribution is 5.94. The maximum atomic E-state index is 13.6. The summed E-state index contributed by atoms with van der Waals surface area (Å²) in [6.45, 7) is 6.98. The van der Waals surface area contributed by atoms with Gasteiger partial charge in [-0.3, -0.25) is 4.79 Å². The van der Waals surface area contributed by atoms with Crippen molar-refractivity contribution >= 4 is 5.91 Å². The first-order chi connectivity index (χ1) is 9.52. The van der Waals surface area contributed by atoms with Gasteiger partial charge < -0.3 is 9.80 Å². The molecule has 0 N–H and O–H groups in total. The molecule has 0 spiro atoms. The zero-order chi connectivity index (χ0) is 14.7. The molecule has 20 heavy (non-hydrogen) atoms. The summed E-state index contributed by atoms with van der Waals surface area (Å²) in [5.41, 5.74) is 1.01. The monoisotopic (exact) mass is 278 g/mol. The Kier molecular flexibility index (Phi) is 4.76. The number of rotatable bonds is 3. The zero-order valence-corrected chi connectivity index (χ0v) is 12.5. The van der Waals surface area contributed by atoms with Gasteiger partial charge in [-0.05, 0) is 44.0 Å². The molecule has 1 aliphatic heterocycles. The number of halogens is 1. The zero-order valence-electron chi connectivity index (χ0n) is 12.5. The number of amides is 1. The minimum Gasteiger partial charge on any atom is -0.339 e. The van der Waals surface area contributed by atoms with E-state index in [9.17, 15) is 9.18 Å². The van der Waals surface area contributed by atoms with Crippen LogP contribution in [0.4, 0.5) is 4.39 Å². The Balaban J connectivity index is 2.03. The van der Waals surface area contributed by atoms with Crippen molar-refractivity contribution in [3.05, 3.63) is 35.1 Å². The van der Waals surface area contributed by atoms with Gasteiger partial charge in [0.05, 0.1) is 0 Å². The smallest absolute Gasteiger partial charge is 0.253 e. The van der Waals surface area contributed by atoms with E-state index >= 15 is 0 Å². The second-order valence-corrected chi connectivity index (χ2v) is 5.55. The standard InChI is InChI=1S/C16H23FN2O/c1-4-19-9-7-14(8-10-19)18(3)16(20)13-6-5-12(2)15(17)11-13/h5-6,11,14H,4,7-10H2,1-3H3. The lowest BCUT2D eigenvalue weighted by molar-refractivity contribution is 0.0646. The van der Waals surface area contributed by atoms with Crippen molar-refractivity contribution in [3.8, 4) is 0 Å². The molecule has 1 aromatic carbocycles. The molecule has 0 aliphatic carbocycles. The quantitative estimate of drug-likeness (QED) is 0.848. The molecular weight excluding hydrogens is 255 g/mol. The molecule has 0 bridgehead atoms. The number of carbonyl (C=O) groups excluding carboxylic acids is 1. The summed E-state index contributed by atoms with van der Waals surface area (Å²) >= 11 is 0. The predicted molar refractivity (Wildman–Crippen MR) is 78.4 cm³/mol. The maximum Gasteiger partial charge on any atom is 0.253 e. The van der Waals surface area contributed by atoms with Gasteiger partial charge in [-0.1, -0.05) is 13.0 Å². The largest absolute Gasteiger partial charge is 0.339 e. The predicted octanol–water partition coefficient (Wildman–Crippen LogP) is 2.69. The highest BCUT2D eigenvalue weighted by Gasteiger charge is 2.25. The third-order valence-electron chi connectivity index (χ3n) is 4.29. The molecule has 4 heteroatoms. The molecule has 1 aromatic rings. The Hall–Kier alpha value is -1.42. The van der Waals surface area contributed by atoms with Crippen LogP contribution in [-0.2, 0) is 0 Å². The van der Waals surface area contributed by atoms with Gasteiger partial charge in [0.15, 0.2) is 0 Å². The van der Waals surface area contributed by atoms with E-state index in [2.05, 4.69) is 11.8 Å². The number of hydrogen-bond acceptors (Lipinski definition) is 2. The molecule has 1 amide bonds. The van der Waals surface area contributed by atoms with E-state index in [0.717, 1.165) is 32.5 Å². The Labute approximate surface area is 120 Å². The summed E-state index contributed by atoms with van der Waals surface area (Å²) < 4.78 is 13.6. The minimum atomic E-state index is -0.315. The molecule has 110 valence electrons. The van der Waals surface area contributed by atoms with Gasteiger partial charge in [-0.15, -0.1) is 0 Å². The summed E-state index contributed by atoms with van der Waals surface area (Å²) in [7, 11) is 1.83. The SMILES string of the molecule is CCN1CCC(N(C)C(=O)c2ccc(C)c(F)c2)CC1. The van der Waals surface area contributed by atoms with Crippen molar-refractivity contribution in [2.75, 3.05) is 26.7 Å². The topological polar surface area (TPSA) is 23.6 Å². The molecule has 0 saturated carbocycles. The van der Waals surface area contributed by atoms with Crippen LogP contribution in [0, 0.1) is 12.7 Å². The number of aryl methyl sites for hydroxylation is 1. The number of carbonyl (C=O) groups is 1. The van der Waals surface area contributed by atoms with Crippen molar-refractivity contribution in [1.82, 2.24) is 9.80 Å².